The number of rotatable bonds is 7. The number of hydrogen-bond donors (Lipinski definition) is 2. The van der Waals surface area contributed by atoms with Gasteiger partial charge in [-0.25, -0.2) is 14.6 Å². The van der Waals surface area contributed by atoms with E-state index in [1.165, 1.54) is 6.33 Å². The SMILES string of the molecule is CCOc1cc(C(N)c2n[nH]c(Cn3cncn3)n2)ccc1OC. The van der Waals surface area contributed by atoms with Crippen LogP contribution >= 0.6 is 0 Å². The van der Waals surface area contributed by atoms with E-state index in [2.05, 4.69) is 25.3 Å². The Labute approximate surface area is 138 Å². The van der Waals surface area contributed by atoms with Crippen molar-refractivity contribution >= 4 is 0 Å². The quantitative estimate of drug-likeness (QED) is 0.661. The highest BCUT2D eigenvalue weighted by molar-refractivity contribution is 5.44. The van der Waals surface area contributed by atoms with Crippen molar-refractivity contribution in [3.8, 4) is 11.5 Å². The molecule has 1 aromatic carbocycles. The molecule has 0 amide bonds. The van der Waals surface area contributed by atoms with Crippen molar-refractivity contribution in [1.29, 1.82) is 0 Å². The van der Waals surface area contributed by atoms with Gasteiger partial charge in [-0.2, -0.15) is 10.2 Å². The minimum Gasteiger partial charge on any atom is -0.493 e. The smallest absolute Gasteiger partial charge is 0.171 e. The Morgan fingerprint density at radius 2 is 2.21 bits per heavy atom. The van der Waals surface area contributed by atoms with Gasteiger partial charge in [0.2, 0.25) is 0 Å². The third-order valence-corrected chi connectivity index (χ3v) is 3.45. The average Bonchev–Trinajstić information content (AvgIpc) is 3.27. The maximum atomic E-state index is 6.28. The zero-order valence-corrected chi connectivity index (χ0v) is 13.5. The maximum Gasteiger partial charge on any atom is 0.171 e. The lowest BCUT2D eigenvalue weighted by atomic mass is 10.1. The van der Waals surface area contributed by atoms with Crippen LogP contribution in [0.5, 0.6) is 11.5 Å². The number of benzene rings is 1. The number of nitrogens with one attached hydrogen (secondary N) is 1. The van der Waals surface area contributed by atoms with Crippen molar-refractivity contribution in [1.82, 2.24) is 29.9 Å². The van der Waals surface area contributed by atoms with E-state index in [1.807, 2.05) is 25.1 Å². The predicted molar refractivity (Wildman–Crippen MR) is 85.7 cm³/mol. The predicted octanol–water partition coefficient (Wildman–Crippen LogP) is 0.900. The van der Waals surface area contributed by atoms with E-state index in [4.69, 9.17) is 15.2 Å². The minimum absolute atomic E-state index is 0.451. The van der Waals surface area contributed by atoms with Crippen molar-refractivity contribution in [2.24, 2.45) is 5.73 Å². The van der Waals surface area contributed by atoms with Crippen LogP contribution in [0.3, 0.4) is 0 Å². The molecule has 3 N–H and O–H groups in total. The third kappa shape index (κ3) is 3.35. The largest absolute Gasteiger partial charge is 0.493 e. The molecule has 0 aliphatic heterocycles. The number of aromatic amines is 1. The molecule has 0 aliphatic carbocycles. The summed E-state index contributed by atoms with van der Waals surface area (Å²) < 4.78 is 12.5. The summed E-state index contributed by atoms with van der Waals surface area (Å²) in [5.41, 5.74) is 7.12. The van der Waals surface area contributed by atoms with Gasteiger partial charge in [0, 0.05) is 0 Å². The Hall–Kier alpha value is -2.94. The van der Waals surface area contributed by atoms with Crippen molar-refractivity contribution in [2.45, 2.75) is 19.5 Å². The number of aromatic nitrogens is 6. The molecular formula is C15H19N7O2. The van der Waals surface area contributed by atoms with Crippen LogP contribution in [-0.2, 0) is 6.54 Å². The highest BCUT2D eigenvalue weighted by atomic mass is 16.5. The Bertz CT molecular complexity index is 785. The Morgan fingerprint density at radius 3 is 2.92 bits per heavy atom. The Kier molecular flexibility index (Phi) is 4.71. The van der Waals surface area contributed by atoms with Crippen LogP contribution in [0.15, 0.2) is 30.9 Å². The number of ether oxygens (including phenoxy) is 2. The maximum absolute atomic E-state index is 6.28. The molecule has 0 aliphatic rings. The first-order valence-corrected chi connectivity index (χ1v) is 7.51. The van der Waals surface area contributed by atoms with Crippen molar-refractivity contribution in [3.05, 3.63) is 48.1 Å². The second-order valence-corrected chi connectivity index (χ2v) is 5.05. The molecule has 0 fully saturated rings. The topological polar surface area (TPSA) is 117 Å². The molecule has 3 aromatic rings. The van der Waals surface area contributed by atoms with E-state index in [1.54, 1.807) is 18.1 Å². The first-order chi connectivity index (χ1) is 11.7. The lowest BCUT2D eigenvalue weighted by Gasteiger charge is -2.13. The van der Waals surface area contributed by atoms with Crippen molar-refractivity contribution < 1.29 is 9.47 Å². The molecule has 24 heavy (non-hydrogen) atoms. The highest BCUT2D eigenvalue weighted by Crippen LogP contribution is 2.30. The van der Waals surface area contributed by atoms with Gasteiger partial charge < -0.3 is 15.2 Å². The van der Waals surface area contributed by atoms with Crippen LogP contribution in [0.4, 0.5) is 0 Å². The van der Waals surface area contributed by atoms with Gasteiger partial charge in [0.15, 0.2) is 17.3 Å². The zero-order valence-electron chi connectivity index (χ0n) is 13.5. The summed E-state index contributed by atoms with van der Waals surface area (Å²) in [5.74, 6) is 2.46. The fourth-order valence-electron chi connectivity index (χ4n) is 2.29. The van der Waals surface area contributed by atoms with Gasteiger partial charge in [0.05, 0.1) is 19.8 Å². The summed E-state index contributed by atoms with van der Waals surface area (Å²) in [6.07, 6.45) is 3.08. The third-order valence-electron chi connectivity index (χ3n) is 3.45. The minimum atomic E-state index is -0.476. The fraction of sp³-hybridized carbons (Fsp3) is 0.333. The van der Waals surface area contributed by atoms with E-state index in [0.29, 0.717) is 36.3 Å². The highest BCUT2D eigenvalue weighted by Gasteiger charge is 2.17. The number of methoxy groups -OCH3 is 1. The summed E-state index contributed by atoms with van der Waals surface area (Å²) in [5, 5.41) is 11.1. The second-order valence-electron chi connectivity index (χ2n) is 5.05. The van der Waals surface area contributed by atoms with Gasteiger partial charge in [-0.15, -0.1) is 0 Å². The van der Waals surface area contributed by atoms with Crippen LogP contribution in [-0.4, -0.2) is 43.7 Å². The molecule has 126 valence electrons. The van der Waals surface area contributed by atoms with Crippen molar-refractivity contribution in [2.75, 3.05) is 13.7 Å². The molecule has 0 spiro atoms. The summed E-state index contributed by atoms with van der Waals surface area (Å²) in [6.45, 7) is 2.90. The van der Waals surface area contributed by atoms with E-state index in [-0.39, 0.29) is 0 Å². The van der Waals surface area contributed by atoms with E-state index >= 15 is 0 Å². The number of H-pyrrole nitrogens is 1. The van der Waals surface area contributed by atoms with Gasteiger partial charge >= 0.3 is 0 Å². The van der Waals surface area contributed by atoms with Gasteiger partial charge in [-0.05, 0) is 24.6 Å². The van der Waals surface area contributed by atoms with Crippen LogP contribution in [0.2, 0.25) is 0 Å². The average molecular weight is 329 g/mol. The van der Waals surface area contributed by atoms with Gasteiger partial charge in [0.1, 0.15) is 25.0 Å². The van der Waals surface area contributed by atoms with Gasteiger partial charge in [0.25, 0.3) is 0 Å². The number of nitrogens with two attached hydrogens (primary N) is 1. The lowest BCUT2D eigenvalue weighted by Crippen LogP contribution is -2.14. The molecule has 0 radical (unpaired) electrons. The normalized spacial score (nSPS) is 12.1. The monoisotopic (exact) mass is 329 g/mol. The summed E-state index contributed by atoms with van der Waals surface area (Å²) in [7, 11) is 1.60. The molecule has 1 unspecified atom stereocenters. The molecule has 2 heterocycles. The van der Waals surface area contributed by atoms with E-state index < -0.39 is 6.04 Å². The molecule has 9 nitrogen and oxygen atoms in total. The Balaban J connectivity index is 1.80. The first kappa shape index (κ1) is 15.9. The molecular weight excluding hydrogens is 310 g/mol. The molecule has 0 saturated carbocycles. The van der Waals surface area contributed by atoms with Crippen LogP contribution in [0.1, 0.15) is 30.2 Å². The van der Waals surface area contributed by atoms with Gasteiger partial charge in [-0.3, -0.25) is 5.10 Å². The van der Waals surface area contributed by atoms with Crippen LogP contribution in [0, 0.1) is 0 Å². The number of hydrogen-bond acceptors (Lipinski definition) is 7. The molecule has 1 atom stereocenters. The lowest BCUT2D eigenvalue weighted by molar-refractivity contribution is 0.310. The molecule has 3 rings (SSSR count). The summed E-state index contributed by atoms with van der Waals surface area (Å²) in [4.78, 5) is 8.32. The standard InChI is InChI=1S/C15H19N7O2/c1-3-24-12-6-10(4-5-11(12)23-2)14(16)15-19-13(20-21-15)7-22-9-17-8-18-22/h4-6,8-9,14H,3,7,16H2,1-2H3,(H,19,20,21). The summed E-state index contributed by atoms with van der Waals surface area (Å²) >= 11 is 0. The number of nitrogens with zero attached hydrogens (tertiary/aromatic N) is 5. The van der Waals surface area contributed by atoms with Crippen molar-refractivity contribution in [3.63, 3.8) is 0 Å². The van der Waals surface area contributed by atoms with Crippen LogP contribution < -0.4 is 15.2 Å². The molecule has 0 bridgehead atoms. The molecule has 0 saturated heterocycles. The van der Waals surface area contributed by atoms with E-state index in [9.17, 15) is 0 Å². The van der Waals surface area contributed by atoms with Crippen LogP contribution in [0.25, 0.3) is 0 Å². The van der Waals surface area contributed by atoms with Gasteiger partial charge in [-0.1, -0.05) is 6.07 Å². The second kappa shape index (κ2) is 7.09. The molecule has 9 heteroatoms. The summed E-state index contributed by atoms with van der Waals surface area (Å²) in [6, 6.07) is 5.07. The van der Waals surface area contributed by atoms with E-state index in [0.717, 1.165) is 5.56 Å². The molecule has 2 aromatic heterocycles. The zero-order chi connectivity index (χ0) is 16.9. The first-order valence-electron chi connectivity index (χ1n) is 7.51. The Morgan fingerprint density at radius 1 is 1.33 bits per heavy atom. The fourth-order valence-corrected chi connectivity index (χ4v) is 2.29.